The maximum Gasteiger partial charge on any atom is 0.125 e. The van der Waals surface area contributed by atoms with Gasteiger partial charge in [-0.2, -0.15) is 0 Å². The van der Waals surface area contributed by atoms with Gasteiger partial charge in [-0.25, -0.2) is 13.8 Å². The van der Waals surface area contributed by atoms with Crippen LogP contribution < -0.4 is 0 Å². The molecule has 1 fully saturated rings. The minimum Gasteiger partial charge on any atom is -0.341 e. The van der Waals surface area contributed by atoms with Crippen molar-refractivity contribution in [3.8, 4) is 0 Å². The summed E-state index contributed by atoms with van der Waals surface area (Å²) in [6.45, 7) is 4.98. The summed E-state index contributed by atoms with van der Waals surface area (Å²) in [7, 11) is 2.12. The van der Waals surface area contributed by atoms with Crippen LogP contribution in [0, 0.1) is 17.6 Å². The first-order chi connectivity index (χ1) is 14.0. The topological polar surface area (TPSA) is 35.2 Å². The van der Waals surface area contributed by atoms with Crippen LogP contribution in [0.4, 0.5) is 8.78 Å². The van der Waals surface area contributed by atoms with E-state index in [0.717, 1.165) is 56.0 Å². The van der Waals surface area contributed by atoms with Crippen molar-refractivity contribution < 1.29 is 8.78 Å². The molecule has 1 aliphatic heterocycles. The van der Waals surface area contributed by atoms with E-state index in [1.165, 1.54) is 42.7 Å². The van der Waals surface area contributed by atoms with Crippen molar-refractivity contribution in [3.63, 3.8) is 0 Å². The molecule has 0 saturated carbocycles. The van der Waals surface area contributed by atoms with E-state index in [0.29, 0.717) is 5.92 Å². The van der Waals surface area contributed by atoms with Gasteiger partial charge in [-0.1, -0.05) is 12.1 Å². The molecule has 1 aliphatic rings. The first-order valence-electron chi connectivity index (χ1n) is 10.3. The maximum absolute atomic E-state index is 13.4. The Balaban J connectivity index is 1.27. The zero-order chi connectivity index (χ0) is 20.2. The smallest absolute Gasteiger partial charge is 0.125 e. The maximum atomic E-state index is 13.4. The summed E-state index contributed by atoms with van der Waals surface area (Å²) in [5, 5.41) is 0. The molecular weight excluding hydrogens is 370 g/mol. The van der Waals surface area contributed by atoms with Crippen LogP contribution in [0.25, 0.3) is 11.0 Å². The number of nitrogens with one attached hydrogen (secondary N) is 1. The van der Waals surface area contributed by atoms with Crippen molar-refractivity contribution in [2.45, 2.75) is 25.8 Å². The lowest BCUT2D eigenvalue weighted by Gasteiger charge is -2.34. The molecule has 0 amide bonds. The van der Waals surface area contributed by atoms with E-state index in [-0.39, 0.29) is 11.6 Å². The molecule has 0 radical (unpaired) electrons. The predicted molar refractivity (Wildman–Crippen MR) is 112 cm³/mol. The zero-order valence-electron chi connectivity index (χ0n) is 16.9. The fourth-order valence-corrected chi connectivity index (χ4v) is 4.31. The van der Waals surface area contributed by atoms with Crippen molar-refractivity contribution in [2.75, 3.05) is 33.2 Å². The average molecular weight is 399 g/mol. The van der Waals surface area contributed by atoms with Crippen LogP contribution in [0.3, 0.4) is 0 Å². The fraction of sp³-hybridized carbons (Fsp3) is 0.435. The van der Waals surface area contributed by atoms with Gasteiger partial charge in [0.1, 0.15) is 17.5 Å². The predicted octanol–water partition coefficient (Wildman–Crippen LogP) is 4.23. The molecule has 0 aliphatic carbocycles. The second-order valence-corrected chi connectivity index (χ2v) is 8.23. The number of piperidine rings is 1. The van der Waals surface area contributed by atoms with Gasteiger partial charge < -0.3 is 9.88 Å². The van der Waals surface area contributed by atoms with E-state index in [1.54, 1.807) is 6.07 Å². The van der Waals surface area contributed by atoms with Crippen molar-refractivity contribution in [3.05, 3.63) is 65.5 Å². The van der Waals surface area contributed by atoms with Gasteiger partial charge in [0.2, 0.25) is 0 Å². The molecule has 1 aromatic heterocycles. The first kappa shape index (κ1) is 20.0. The van der Waals surface area contributed by atoms with Crippen LogP contribution in [0.1, 0.15) is 24.2 Å². The Kier molecular flexibility index (Phi) is 6.21. The largest absolute Gasteiger partial charge is 0.341 e. The minimum absolute atomic E-state index is 0.176. The SMILES string of the molecule is CN(Cc1nc2ccc(F)cc2[nH]1)CC1CCCN(CCc2ccc(F)cc2)C1. The summed E-state index contributed by atoms with van der Waals surface area (Å²) in [5.41, 5.74) is 2.74. The monoisotopic (exact) mass is 398 g/mol. The number of H-pyrrole nitrogens is 1. The second-order valence-electron chi connectivity index (χ2n) is 8.23. The van der Waals surface area contributed by atoms with E-state index in [2.05, 4.69) is 26.8 Å². The summed E-state index contributed by atoms with van der Waals surface area (Å²) in [6, 6.07) is 11.5. The summed E-state index contributed by atoms with van der Waals surface area (Å²) >= 11 is 0. The highest BCUT2D eigenvalue weighted by Crippen LogP contribution is 2.19. The number of imidazole rings is 1. The molecule has 1 unspecified atom stereocenters. The van der Waals surface area contributed by atoms with Crippen LogP contribution in [0.5, 0.6) is 0 Å². The van der Waals surface area contributed by atoms with Gasteiger partial charge in [0.15, 0.2) is 0 Å². The third kappa shape index (κ3) is 5.40. The van der Waals surface area contributed by atoms with Crippen LogP contribution in [0.2, 0.25) is 0 Å². The number of rotatable bonds is 7. The second kappa shape index (κ2) is 9.01. The molecule has 3 aromatic rings. The molecule has 1 N–H and O–H groups in total. The standard InChI is InChI=1S/C23H28F2N4/c1-28(16-23-26-21-9-8-20(25)13-22(21)27-23)14-18-3-2-11-29(15-18)12-10-17-4-6-19(24)7-5-17/h4-9,13,18H,2-3,10-12,14-16H2,1H3,(H,26,27). The van der Waals surface area contributed by atoms with Crippen molar-refractivity contribution in [1.29, 1.82) is 0 Å². The Labute approximate surface area is 170 Å². The Bertz CT molecular complexity index is 938. The highest BCUT2D eigenvalue weighted by atomic mass is 19.1. The van der Waals surface area contributed by atoms with E-state index in [1.807, 2.05) is 12.1 Å². The summed E-state index contributed by atoms with van der Waals surface area (Å²) in [5.74, 6) is 1.08. The number of benzene rings is 2. The summed E-state index contributed by atoms with van der Waals surface area (Å²) < 4.78 is 26.4. The summed E-state index contributed by atoms with van der Waals surface area (Å²) in [6.07, 6.45) is 3.41. The number of likely N-dealkylation sites (tertiary alicyclic amines) is 1. The highest BCUT2D eigenvalue weighted by Gasteiger charge is 2.21. The number of hydrogen-bond donors (Lipinski definition) is 1. The molecule has 2 aromatic carbocycles. The van der Waals surface area contributed by atoms with Gasteiger partial charge in [-0.15, -0.1) is 0 Å². The van der Waals surface area contributed by atoms with Gasteiger partial charge >= 0.3 is 0 Å². The number of nitrogens with zero attached hydrogens (tertiary/aromatic N) is 3. The quantitative estimate of drug-likeness (QED) is 0.647. The van der Waals surface area contributed by atoms with E-state index in [9.17, 15) is 8.78 Å². The number of halogens is 2. The average Bonchev–Trinajstić information content (AvgIpc) is 3.09. The van der Waals surface area contributed by atoms with E-state index >= 15 is 0 Å². The minimum atomic E-state index is -0.246. The highest BCUT2D eigenvalue weighted by molar-refractivity contribution is 5.74. The van der Waals surface area contributed by atoms with Gasteiger partial charge in [0.25, 0.3) is 0 Å². The molecule has 154 valence electrons. The molecule has 4 nitrogen and oxygen atoms in total. The Morgan fingerprint density at radius 1 is 1.14 bits per heavy atom. The van der Waals surface area contributed by atoms with Crippen molar-refractivity contribution >= 4 is 11.0 Å². The lowest BCUT2D eigenvalue weighted by molar-refractivity contribution is 0.141. The third-order valence-electron chi connectivity index (χ3n) is 5.72. The normalized spacial score (nSPS) is 18.0. The van der Waals surface area contributed by atoms with Crippen molar-refractivity contribution in [1.82, 2.24) is 19.8 Å². The van der Waals surface area contributed by atoms with E-state index < -0.39 is 0 Å². The Morgan fingerprint density at radius 2 is 1.93 bits per heavy atom. The lowest BCUT2D eigenvalue weighted by atomic mass is 9.97. The van der Waals surface area contributed by atoms with Crippen LogP contribution in [-0.4, -0.2) is 53.0 Å². The summed E-state index contributed by atoms with van der Waals surface area (Å²) in [4.78, 5) is 12.6. The molecule has 4 rings (SSSR count). The lowest BCUT2D eigenvalue weighted by Crippen LogP contribution is -2.40. The molecule has 29 heavy (non-hydrogen) atoms. The molecule has 6 heteroatoms. The van der Waals surface area contributed by atoms with Crippen molar-refractivity contribution in [2.24, 2.45) is 5.92 Å². The number of hydrogen-bond acceptors (Lipinski definition) is 3. The molecule has 1 saturated heterocycles. The van der Waals surface area contributed by atoms with Crippen LogP contribution >= 0.6 is 0 Å². The van der Waals surface area contributed by atoms with Crippen LogP contribution in [0.15, 0.2) is 42.5 Å². The zero-order valence-corrected chi connectivity index (χ0v) is 16.9. The van der Waals surface area contributed by atoms with E-state index in [4.69, 9.17) is 0 Å². The van der Waals surface area contributed by atoms with Gasteiger partial charge in [0.05, 0.1) is 17.6 Å². The first-order valence-corrected chi connectivity index (χ1v) is 10.3. The molecule has 0 bridgehead atoms. The van der Waals surface area contributed by atoms with Crippen LogP contribution in [-0.2, 0) is 13.0 Å². The van der Waals surface area contributed by atoms with Gasteiger partial charge in [-0.05, 0) is 74.7 Å². The molecular formula is C23H28F2N4. The number of aromatic amines is 1. The molecule has 1 atom stereocenters. The Hall–Kier alpha value is -2.31. The number of fused-ring (bicyclic) bond motifs is 1. The Morgan fingerprint density at radius 3 is 2.76 bits per heavy atom. The van der Waals surface area contributed by atoms with Gasteiger partial charge in [0, 0.05) is 19.6 Å². The molecule has 0 spiro atoms. The number of aromatic nitrogens is 2. The molecule has 2 heterocycles. The fourth-order valence-electron chi connectivity index (χ4n) is 4.31. The third-order valence-corrected chi connectivity index (χ3v) is 5.72. The van der Waals surface area contributed by atoms with Gasteiger partial charge in [-0.3, -0.25) is 4.90 Å².